The quantitative estimate of drug-likeness (QED) is 0.800. The van der Waals surface area contributed by atoms with Crippen LogP contribution in [0, 0.1) is 23.2 Å². The highest BCUT2D eigenvalue weighted by Gasteiger charge is 2.19. The first kappa shape index (κ1) is 12.9. The largest absolute Gasteiger partial charge is 0.357 e. The number of pyridine rings is 1. The van der Waals surface area contributed by atoms with Crippen molar-refractivity contribution in [2.45, 2.75) is 33.1 Å². The van der Waals surface area contributed by atoms with Crippen molar-refractivity contribution < 1.29 is 0 Å². The first-order valence-corrected chi connectivity index (χ1v) is 6.82. The number of nitrogens with zero attached hydrogens (tertiary/aromatic N) is 3. The Labute approximate surface area is 109 Å². The summed E-state index contributed by atoms with van der Waals surface area (Å²) in [6.45, 7) is 6.81. The fourth-order valence-electron chi connectivity index (χ4n) is 2.66. The van der Waals surface area contributed by atoms with E-state index in [2.05, 4.69) is 29.8 Å². The van der Waals surface area contributed by atoms with Crippen LogP contribution in [0.2, 0.25) is 0 Å². The monoisotopic (exact) mass is 243 g/mol. The fourth-order valence-corrected chi connectivity index (χ4v) is 2.66. The molecule has 2 heterocycles. The highest BCUT2D eigenvalue weighted by molar-refractivity contribution is 5.41. The normalized spacial score (nSPS) is 20.6. The topological polar surface area (TPSA) is 39.9 Å². The van der Waals surface area contributed by atoms with Gasteiger partial charge in [-0.25, -0.2) is 4.98 Å². The van der Waals surface area contributed by atoms with E-state index in [4.69, 9.17) is 5.26 Å². The minimum Gasteiger partial charge on any atom is -0.357 e. The molecule has 0 bridgehead atoms. The van der Waals surface area contributed by atoms with Gasteiger partial charge in [-0.05, 0) is 43.2 Å². The van der Waals surface area contributed by atoms with Gasteiger partial charge in [0, 0.05) is 19.3 Å². The van der Waals surface area contributed by atoms with Crippen LogP contribution in [0.25, 0.3) is 0 Å². The molecule has 1 saturated heterocycles. The molecule has 0 N–H and O–H groups in total. The Bertz CT molecular complexity index is 416. The summed E-state index contributed by atoms with van der Waals surface area (Å²) in [5.41, 5.74) is 0.633. The Morgan fingerprint density at radius 1 is 1.33 bits per heavy atom. The van der Waals surface area contributed by atoms with Crippen LogP contribution in [0.15, 0.2) is 18.3 Å². The molecule has 2 rings (SSSR count). The summed E-state index contributed by atoms with van der Waals surface area (Å²) in [7, 11) is 0. The SMILES string of the molecule is CC(C)C1CCCN(c2ccc(C#N)cn2)CC1. The van der Waals surface area contributed by atoms with Crippen LogP contribution in [0.1, 0.15) is 38.7 Å². The Balaban J connectivity index is 2.03. The number of rotatable bonds is 2. The summed E-state index contributed by atoms with van der Waals surface area (Å²) in [5.74, 6) is 2.63. The average Bonchev–Trinajstić information content (AvgIpc) is 2.64. The van der Waals surface area contributed by atoms with Crippen molar-refractivity contribution >= 4 is 5.82 Å². The molecule has 3 heteroatoms. The molecule has 0 saturated carbocycles. The van der Waals surface area contributed by atoms with Crippen LogP contribution in [-0.2, 0) is 0 Å². The van der Waals surface area contributed by atoms with E-state index in [1.54, 1.807) is 6.20 Å². The van der Waals surface area contributed by atoms with Gasteiger partial charge >= 0.3 is 0 Å². The van der Waals surface area contributed by atoms with Crippen molar-refractivity contribution in [1.29, 1.82) is 5.26 Å². The predicted octanol–water partition coefficient (Wildman–Crippen LogP) is 3.22. The maximum atomic E-state index is 8.78. The number of aromatic nitrogens is 1. The summed E-state index contributed by atoms with van der Waals surface area (Å²) in [5, 5.41) is 8.78. The average molecular weight is 243 g/mol. The molecular weight excluding hydrogens is 222 g/mol. The van der Waals surface area contributed by atoms with Crippen molar-refractivity contribution in [3.63, 3.8) is 0 Å². The lowest BCUT2D eigenvalue weighted by molar-refractivity contribution is 0.351. The molecule has 1 aromatic heterocycles. The van der Waals surface area contributed by atoms with Crippen LogP contribution in [0.4, 0.5) is 5.82 Å². The van der Waals surface area contributed by atoms with E-state index in [0.29, 0.717) is 5.56 Å². The second-order valence-corrected chi connectivity index (χ2v) is 5.44. The minimum atomic E-state index is 0.633. The molecule has 18 heavy (non-hydrogen) atoms. The molecule has 1 aromatic rings. The van der Waals surface area contributed by atoms with Gasteiger partial charge in [0.1, 0.15) is 11.9 Å². The zero-order valence-electron chi connectivity index (χ0n) is 11.3. The molecule has 0 spiro atoms. The van der Waals surface area contributed by atoms with Gasteiger partial charge in [-0.3, -0.25) is 0 Å². The highest BCUT2D eigenvalue weighted by Crippen LogP contribution is 2.26. The Kier molecular flexibility index (Phi) is 4.19. The second kappa shape index (κ2) is 5.86. The van der Waals surface area contributed by atoms with Crippen molar-refractivity contribution in [1.82, 2.24) is 4.98 Å². The lowest BCUT2D eigenvalue weighted by atomic mass is 9.89. The van der Waals surface area contributed by atoms with Crippen LogP contribution >= 0.6 is 0 Å². The smallest absolute Gasteiger partial charge is 0.128 e. The Morgan fingerprint density at radius 3 is 2.78 bits per heavy atom. The van der Waals surface area contributed by atoms with E-state index in [1.165, 1.54) is 19.3 Å². The fraction of sp³-hybridized carbons (Fsp3) is 0.600. The summed E-state index contributed by atoms with van der Waals surface area (Å²) in [6.07, 6.45) is 5.48. The van der Waals surface area contributed by atoms with Gasteiger partial charge in [0.15, 0.2) is 0 Å². The zero-order chi connectivity index (χ0) is 13.0. The van der Waals surface area contributed by atoms with Crippen molar-refractivity contribution in [3.8, 4) is 6.07 Å². The van der Waals surface area contributed by atoms with Gasteiger partial charge in [0.25, 0.3) is 0 Å². The van der Waals surface area contributed by atoms with E-state index in [0.717, 1.165) is 30.7 Å². The van der Waals surface area contributed by atoms with Gasteiger partial charge in [-0.1, -0.05) is 13.8 Å². The van der Waals surface area contributed by atoms with Gasteiger partial charge in [-0.15, -0.1) is 0 Å². The number of anilines is 1. The first-order valence-electron chi connectivity index (χ1n) is 6.82. The molecule has 1 fully saturated rings. The van der Waals surface area contributed by atoms with Gasteiger partial charge in [-0.2, -0.15) is 5.26 Å². The lowest BCUT2D eigenvalue weighted by Crippen LogP contribution is -2.25. The molecule has 3 nitrogen and oxygen atoms in total. The minimum absolute atomic E-state index is 0.633. The summed E-state index contributed by atoms with van der Waals surface area (Å²) in [6, 6.07) is 5.93. The third kappa shape index (κ3) is 3.01. The molecule has 1 aliphatic rings. The maximum Gasteiger partial charge on any atom is 0.128 e. The van der Waals surface area contributed by atoms with Gasteiger partial charge in [0.2, 0.25) is 0 Å². The predicted molar refractivity (Wildman–Crippen MR) is 73.3 cm³/mol. The number of hydrogen-bond donors (Lipinski definition) is 0. The standard InChI is InChI=1S/C15H21N3/c1-12(2)14-4-3-8-18(9-7-14)15-6-5-13(10-16)11-17-15/h5-6,11-12,14H,3-4,7-9H2,1-2H3. The highest BCUT2D eigenvalue weighted by atomic mass is 15.2. The molecule has 1 unspecified atom stereocenters. The molecule has 0 aromatic carbocycles. The van der Waals surface area contributed by atoms with Crippen molar-refractivity contribution in [2.75, 3.05) is 18.0 Å². The van der Waals surface area contributed by atoms with Gasteiger partial charge in [0.05, 0.1) is 5.56 Å². The lowest BCUT2D eigenvalue weighted by Gasteiger charge is -2.22. The molecule has 1 atom stereocenters. The third-order valence-electron chi connectivity index (χ3n) is 3.92. The van der Waals surface area contributed by atoms with E-state index < -0.39 is 0 Å². The van der Waals surface area contributed by atoms with Gasteiger partial charge < -0.3 is 4.90 Å². The molecule has 0 aliphatic carbocycles. The zero-order valence-corrected chi connectivity index (χ0v) is 11.3. The van der Waals surface area contributed by atoms with Crippen LogP contribution in [0.3, 0.4) is 0 Å². The molecule has 0 radical (unpaired) electrons. The number of nitriles is 1. The number of hydrogen-bond acceptors (Lipinski definition) is 3. The summed E-state index contributed by atoms with van der Waals surface area (Å²) in [4.78, 5) is 6.74. The van der Waals surface area contributed by atoms with E-state index in [-0.39, 0.29) is 0 Å². The second-order valence-electron chi connectivity index (χ2n) is 5.44. The summed E-state index contributed by atoms with van der Waals surface area (Å²) >= 11 is 0. The van der Waals surface area contributed by atoms with Crippen LogP contribution in [-0.4, -0.2) is 18.1 Å². The van der Waals surface area contributed by atoms with E-state index >= 15 is 0 Å². The van der Waals surface area contributed by atoms with E-state index in [1.807, 2.05) is 12.1 Å². The Hall–Kier alpha value is -1.56. The van der Waals surface area contributed by atoms with Crippen LogP contribution in [0.5, 0.6) is 0 Å². The first-order chi connectivity index (χ1) is 8.70. The van der Waals surface area contributed by atoms with Crippen molar-refractivity contribution in [3.05, 3.63) is 23.9 Å². The Morgan fingerprint density at radius 2 is 2.17 bits per heavy atom. The molecule has 0 amide bonds. The molecule has 96 valence electrons. The third-order valence-corrected chi connectivity index (χ3v) is 3.92. The van der Waals surface area contributed by atoms with E-state index in [9.17, 15) is 0 Å². The maximum absolute atomic E-state index is 8.78. The van der Waals surface area contributed by atoms with Crippen LogP contribution < -0.4 is 4.90 Å². The summed E-state index contributed by atoms with van der Waals surface area (Å²) < 4.78 is 0. The molecular formula is C15H21N3. The van der Waals surface area contributed by atoms with Crippen molar-refractivity contribution in [2.24, 2.45) is 11.8 Å². The molecule has 1 aliphatic heterocycles.